The van der Waals surface area contributed by atoms with Gasteiger partial charge in [-0.2, -0.15) is 0 Å². The number of aryl methyl sites for hydroxylation is 1. The van der Waals surface area contributed by atoms with Crippen molar-refractivity contribution in [3.05, 3.63) is 63.6 Å². The summed E-state index contributed by atoms with van der Waals surface area (Å²) in [6.45, 7) is 5.69. The smallest absolute Gasteiger partial charge is 0.244 e. The second-order valence-electron chi connectivity index (χ2n) is 8.20. The first kappa shape index (κ1) is 28.0. The number of unbranched alkanes of at least 4 members (excludes halogenated alkanes) is 1. The van der Waals surface area contributed by atoms with E-state index in [0.29, 0.717) is 6.54 Å². The summed E-state index contributed by atoms with van der Waals surface area (Å²) in [6, 6.07) is 11.2. The molecule has 2 aromatic rings. The molecule has 0 aliphatic carbocycles. The number of hydrogen-bond acceptors (Lipinski definition) is 4. The molecule has 0 saturated carbocycles. The number of nitrogens with one attached hydrogen (secondary N) is 1. The molecule has 2 rings (SSSR count). The maximum Gasteiger partial charge on any atom is 0.244 e. The molecule has 0 aromatic heterocycles. The normalized spacial score (nSPS) is 12.2. The molecular weight excluding hydrogens is 497 g/mol. The van der Waals surface area contributed by atoms with Gasteiger partial charge in [-0.15, -0.1) is 0 Å². The molecular formula is C24H31Cl2N3O4S. The Morgan fingerprint density at radius 2 is 1.82 bits per heavy atom. The van der Waals surface area contributed by atoms with E-state index in [1.54, 1.807) is 6.92 Å². The molecule has 0 fully saturated rings. The number of amides is 2. The molecule has 0 radical (unpaired) electrons. The molecule has 7 nitrogen and oxygen atoms in total. The lowest BCUT2D eigenvalue weighted by atomic mass is 10.1. The summed E-state index contributed by atoms with van der Waals surface area (Å²) < 4.78 is 26.1. The third-order valence-corrected chi connectivity index (χ3v) is 6.97. The lowest BCUT2D eigenvalue weighted by Gasteiger charge is -2.31. The van der Waals surface area contributed by atoms with E-state index in [0.717, 1.165) is 34.5 Å². The summed E-state index contributed by atoms with van der Waals surface area (Å²) in [5.74, 6) is -0.845. The average Bonchev–Trinajstić information content (AvgIpc) is 2.76. The second-order valence-corrected chi connectivity index (χ2v) is 10.9. The number of halogens is 2. The zero-order valence-electron chi connectivity index (χ0n) is 19.8. The van der Waals surface area contributed by atoms with Gasteiger partial charge < -0.3 is 10.2 Å². The molecule has 0 saturated heterocycles. The van der Waals surface area contributed by atoms with Crippen LogP contribution in [0.2, 0.25) is 10.0 Å². The Labute approximate surface area is 212 Å². The quantitative estimate of drug-likeness (QED) is 0.438. The molecule has 2 aromatic carbocycles. The van der Waals surface area contributed by atoms with Gasteiger partial charge >= 0.3 is 0 Å². The predicted octanol–water partition coefficient (Wildman–Crippen LogP) is 4.40. The number of benzene rings is 2. The fourth-order valence-corrected chi connectivity index (χ4v) is 4.69. The number of anilines is 1. The van der Waals surface area contributed by atoms with Crippen molar-refractivity contribution in [1.29, 1.82) is 0 Å². The van der Waals surface area contributed by atoms with Crippen molar-refractivity contribution in [2.24, 2.45) is 0 Å². The molecule has 0 bridgehead atoms. The highest BCUT2D eigenvalue weighted by atomic mass is 35.5. The number of sulfonamides is 1. The van der Waals surface area contributed by atoms with Crippen LogP contribution in [0.4, 0.5) is 5.69 Å². The van der Waals surface area contributed by atoms with Crippen LogP contribution in [0.5, 0.6) is 0 Å². The van der Waals surface area contributed by atoms with E-state index in [1.165, 1.54) is 23.1 Å². The standard InChI is InChI=1S/C24H31Cl2N3O4S/c1-5-6-12-27-24(31)18(3)28(15-19-9-7-8-17(2)13-19)23(30)16-29(34(4,32)33)22-14-20(25)10-11-21(22)26/h7-11,13-14,18H,5-6,12,15-16H2,1-4H3,(H,27,31)/t18-/m0/s1. The van der Waals surface area contributed by atoms with Crippen LogP contribution in [0.1, 0.15) is 37.8 Å². The second kappa shape index (κ2) is 12.4. The highest BCUT2D eigenvalue weighted by Crippen LogP contribution is 2.31. The van der Waals surface area contributed by atoms with Crippen molar-refractivity contribution in [1.82, 2.24) is 10.2 Å². The molecule has 1 atom stereocenters. The monoisotopic (exact) mass is 527 g/mol. The fraction of sp³-hybridized carbons (Fsp3) is 0.417. The van der Waals surface area contributed by atoms with Crippen LogP contribution in [0.3, 0.4) is 0 Å². The largest absolute Gasteiger partial charge is 0.354 e. The van der Waals surface area contributed by atoms with Crippen LogP contribution >= 0.6 is 23.2 Å². The van der Waals surface area contributed by atoms with E-state index < -0.39 is 28.5 Å². The first-order valence-corrected chi connectivity index (χ1v) is 13.6. The molecule has 34 heavy (non-hydrogen) atoms. The summed E-state index contributed by atoms with van der Waals surface area (Å²) in [5.41, 5.74) is 1.93. The minimum absolute atomic E-state index is 0.0978. The van der Waals surface area contributed by atoms with Crippen molar-refractivity contribution in [2.75, 3.05) is 23.7 Å². The maximum atomic E-state index is 13.5. The zero-order chi connectivity index (χ0) is 25.5. The van der Waals surface area contributed by atoms with Crippen molar-refractivity contribution in [3.63, 3.8) is 0 Å². The van der Waals surface area contributed by atoms with Gasteiger partial charge in [-0.3, -0.25) is 13.9 Å². The van der Waals surface area contributed by atoms with E-state index in [1.807, 2.05) is 38.1 Å². The van der Waals surface area contributed by atoms with Crippen molar-refractivity contribution < 1.29 is 18.0 Å². The number of carbonyl (C=O) groups is 2. The highest BCUT2D eigenvalue weighted by Gasteiger charge is 2.30. The van der Waals surface area contributed by atoms with E-state index in [4.69, 9.17) is 23.2 Å². The van der Waals surface area contributed by atoms with Crippen LogP contribution in [0.25, 0.3) is 0 Å². The first-order valence-electron chi connectivity index (χ1n) is 11.0. The molecule has 0 unspecified atom stereocenters. The molecule has 2 amide bonds. The Hall–Kier alpha value is -2.29. The Morgan fingerprint density at radius 1 is 1.12 bits per heavy atom. The molecule has 186 valence electrons. The van der Waals surface area contributed by atoms with Gasteiger partial charge in [0.1, 0.15) is 12.6 Å². The van der Waals surface area contributed by atoms with E-state index in [-0.39, 0.29) is 28.2 Å². The predicted molar refractivity (Wildman–Crippen MR) is 138 cm³/mol. The Kier molecular flexibility index (Phi) is 10.2. The van der Waals surface area contributed by atoms with Crippen molar-refractivity contribution in [2.45, 2.75) is 46.2 Å². The van der Waals surface area contributed by atoms with Crippen LogP contribution in [-0.4, -0.2) is 50.5 Å². The Balaban J connectivity index is 2.39. The van der Waals surface area contributed by atoms with Crippen molar-refractivity contribution in [3.8, 4) is 0 Å². The third-order valence-electron chi connectivity index (χ3n) is 5.29. The third kappa shape index (κ3) is 7.89. The molecule has 0 aliphatic rings. The minimum atomic E-state index is -3.89. The molecule has 0 aliphatic heterocycles. The van der Waals surface area contributed by atoms with Crippen molar-refractivity contribution >= 4 is 50.7 Å². The highest BCUT2D eigenvalue weighted by molar-refractivity contribution is 7.92. The fourth-order valence-electron chi connectivity index (χ4n) is 3.40. The number of nitrogens with zero attached hydrogens (tertiary/aromatic N) is 2. The lowest BCUT2D eigenvalue weighted by Crippen LogP contribution is -2.51. The zero-order valence-corrected chi connectivity index (χ0v) is 22.2. The van der Waals surface area contributed by atoms with Gasteiger partial charge in [-0.05, 0) is 44.0 Å². The summed E-state index contributed by atoms with van der Waals surface area (Å²) >= 11 is 12.3. The summed E-state index contributed by atoms with van der Waals surface area (Å²) in [6.07, 6.45) is 2.73. The Morgan fingerprint density at radius 3 is 2.44 bits per heavy atom. The van der Waals surface area contributed by atoms with Crippen LogP contribution in [0.15, 0.2) is 42.5 Å². The van der Waals surface area contributed by atoms with E-state index in [9.17, 15) is 18.0 Å². The lowest BCUT2D eigenvalue weighted by molar-refractivity contribution is -0.139. The van der Waals surface area contributed by atoms with Crippen LogP contribution in [-0.2, 0) is 26.2 Å². The van der Waals surface area contributed by atoms with Gasteiger partial charge in [-0.25, -0.2) is 8.42 Å². The Bertz CT molecular complexity index is 1120. The average molecular weight is 529 g/mol. The van der Waals surface area contributed by atoms with Gasteiger partial charge in [0, 0.05) is 18.1 Å². The van der Waals surface area contributed by atoms with Gasteiger partial charge in [0.05, 0.1) is 17.0 Å². The van der Waals surface area contributed by atoms with Gasteiger partial charge in [-0.1, -0.05) is 66.4 Å². The molecule has 10 heteroatoms. The SMILES string of the molecule is CCCCNC(=O)[C@H](C)N(Cc1cccc(C)c1)C(=O)CN(c1cc(Cl)ccc1Cl)S(C)(=O)=O. The first-order chi connectivity index (χ1) is 15.9. The molecule has 1 N–H and O–H groups in total. The number of rotatable bonds is 11. The maximum absolute atomic E-state index is 13.5. The minimum Gasteiger partial charge on any atom is -0.354 e. The van der Waals surface area contributed by atoms with Crippen LogP contribution < -0.4 is 9.62 Å². The van der Waals surface area contributed by atoms with Gasteiger partial charge in [0.15, 0.2) is 0 Å². The van der Waals surface area contributed by atoms with Gasteiger partial charge in [0.25, 0.3) is 0 Å². The molecule has 0 heterocycles. The topological polar surface area (TPSA) is 86.8 Å². The number of carbonyl (C=O) groups excluding carboxylic acids is 2. The number of hydrogen-bond donors (Lipinski definition) is 1. The van der Waals surface area contributed by atoms with Gasteiger partial charge in [0.2, 0.25) is 21.8 Å². The van der Waals surface area contributed by atoms with E-state index >= 15 is 0 Å². The molecule has 0 spiro atoms. The summed E-state index contributed by atoms with van der Waals surface area (Å²) in [5, 5.41) is 3.26. The summed E-state index contributed by atoms with van der Waals surface area (Å²) in [4.78, 5) is 27.7. The van der Waals surface area contributed by atoms with E-state index in [2.05, 4.69) is 5.32 Å². The van der Waals surface area contributed by atoms with Crippen LogP contribution in [0, 0.1) is 6.92 Å². The summed E-state index contributed by atoms with van der Waals surface area (Å²) in [7, 11) is -3.89.